The van der Waals surface area contributed by atoms with E-state index in [2.05, 4.69) is 19.9 Å². The molecule has 2 aromatic heterocycles. The number of nitrogens with zero attached hydrogens (tertiary/aromatic N) is 4. The van der Waals surface area contributed by atoms with Gasteiger partial charge in [-0.05, 0) is 38.2 Å². The first kappa shape index (κ1) is 11.1. The summed E-state index contributed by atoms with van der Waals surface area (Å²) in [5, 5.41) is 0. The van der Waals surface area contributed by atoms with Gasteiger partial charge in [0.2, 0.25) is 0 Å². The average Bonchev–Trinajstić information content (AvgIpc) is 2.39. The quantitative estimate of drug-likeness (QED) is 0.822. The topological polar surface area (TPSA) is 77.6 Å². The highest BCUT2D eigenvalue weighted by Gasteiger charge is 2.17. The molecule has 0 saturated heterocycles. The number of aryl methyl sites for hydroxylation is 2. The fourth-order valence-corrected chi connectivity index (χ4v) is 2.23. The minimum Gasteiger partial charge on any atom is -0.383 e. The summed E-state index contributed by atoms with van der Waals surface area (Å²) in [6.07, 6.45) is 7.82. The van der Waals surface area contributed by atoms with E-state index in [1.54, 1.807) is 12.4 Å². The molecular formula is C13H15N5. The Morgan fingerprint density at radius 3 is 2.50 bits per heavy atom. The fraction of sp³-hybridized carbons (Fsp3) is 0.385. The Hall–Kier alpha value is -2.04. The lowest BCUT2D eigenvalue weighted by molar-refractivity contribution is 0.665. The van der Waals surface area contributed by atoms with Crippen molar-refractivity contribution in [2.75, 3.05) is 5.73 Å². The largest absolute Gasteiger partial charge is 0.383 e. The van der Waals surface area contributed by atoms with E-state index in [0.29, 0.717) is 17.5 Å². The second-order valence-corrected chi connectivity index (χ2v) is 4.65. The van der Waals surface area contributed by atoms with Gasteiger partial charge in [0.05, 0.1) is 0 Å². The van der Waals surface area contributed by atoms with Crippen LogP contribution in [0.5, 0.6) is 0 Å². The van der Waals surface area contributed by atoms with Gasteiger partial charge in [-0.3, -0.25) is 0 Å². The van der Waals surface area contributed by atoms with Gasteiger partial charge in [0.25, 0.3) is 0 Å². The van der Waals surface area contributed by atoms with Crippen LogP contribution in [0.25, 0.3) is 11.6 Å². The second kappa shape index (κ2) is 4.33. The first-order chi connectivity index (χ1) is 8.74. The smallest absolute Gasteiger partial charge is 0.199 e. The molecule has 1 aliphatic carbocycles. The van der Waals surface area contributed by atoms with Crippen LogP contribution in [0.3, 0.4) is 0 Å². The van der Waals surface area contributed by atoms with Gasteiger partial charge < -0.3 is 5.73 Å². The number of aromatic nitrogens is 4. The number of hydrogen-bond donors (Lipinski definition) is 1. The van der Waals surface area contributed by atoms with Gasteiger partial charge in [-0.1, -0.05) is 0 Å². The molecule has 0 bridgehead atoms. The maximum Gasteiger partial charge on any atom is 0.199 e. The molecule has 1 aliphatic rings. The van der Waals surface area contributed by atoms with Crippen molar-refractivity contribution in [2.24, 2.45) is 0 Å². The molecule has 18 heavy (non-hydrogen) atoms. The van der Waals surface area contributed by atoms with E-state index in [1.165, 1.54) is 6.42 Å². The van der Waals surface area contributed by atoms with Crippen molar-refractivity contribution in [3.05, 3.63) is 29.2 Å². The summed E-state index contributed by atoms with van der Waals surface area (Å²) in [5.74, 6) is 1.66. The predicted molar refractivity (Wildman–Crippen MR) is 68.8 cm³/mol. The molecule has 0 aliphatic heterocycles. The fourth-order valence-electron chi connectivity index (χ4n) is 2.23. The summed E-state index contributed by atoms with van der Waals surface area (Å²) >= 11 is 0. The van der Waals surface area contributed by atoms with Crippen LogP contribution in [0.2, 0.25) is 0 Å². The first-order valence-corrected chi connectivity index (χ1v) is 6.18. The number of hydrogen-bond acceptors (Lipinski definition) is 5. The summed E-state index contributed by atoms with van der Waals surface area (Å²) in [7, 11) is 0. The summed E-state index contributed by atoms with van der Waals surface area (Å²) in [6.45, 7) is 1.95. The van der Waals surface area contributed by atoms with Crippen molar-refractivity contribution >= 4 is 5.82 Å². The third-order valence-electron chi connectivity index (χ3n) is 3.20. The molecule has 0 spiro atoms. The maximum atomic E-state index is 6.00. The molecule has 5 nitrogen and oxygen atoms in total. The third-order valence-corrected chi connectivity index (χ3v) is 3.20. The Bertz CT molecular complexity index is 577. The Balaban J connectivity index is 2.08. The van der Waals surface area contributed by atoms with Gasteiger partial charge in [-0.2, -0.15) is 0 Å². The van der Waals surface area contributed by atoms with Crippen LogP contribution in [0, 0.1) is 6.92 Å². The van der Waals surface area contributed by atoms with Crippen LogP contribution < -0.4 is 5.73 Å². The molecule has 0 atom stereocenters. The normalized spacial score (nSPS) is 14.3. The highest BCUT2D eigenvalue weighted by atomic mass is 15.0. The number of nitrogen functional groups attached to an aromatic ring is 1. The zero-order chi connectivity index (χ0) is 12.5. The molecule has 0 fully saturated rings. The van der Waals surface area contributed by atoms with Crippen molar-refractivity contribution < 1.29 is 0 Å². The molecule has 0 amide bonds. The van der Waals surface area contributed by atoms with Crippen LogP contribution in [0.1, 0.15) is 29.7 Å². The molecule has 2 aromatic rings. The van der Waals surface area contributed by atoms with Crippen molar-refractivity contribution in [3.63, 3.8) is 0 Å². The lowest BCUT2D eigenvalue weighted by Crippen LogP contribution is -2.12. The molecule has 0 aromatic carbocycles. The monoisotopic (exact) mass is 241 g/mol. The van der Waals surface area contributed by atoms with Crippen molar-refractivity contribution in [2.45, 2.75) is 32.6 Å². The molecule has 0 unspecified atom stereocenters. The highest BCUT2D eigenvalue weighted by molar-refractivity contribution is 5.52. The minimum absolute atomic E-state index is 0.535. The SMILES string of the molecule is Cc1cnc(-c2nc(N)c3c(n2)CCCC3)nc1. The maximum absolute atomic E-state index is 6.00. The summed E-state index contributed by atoms with van der Waals surface area (Å²) in [4.78, 5) is 17.4. The lowest BCUT2D eigenvalue weighted by Gasteiger charge is -2.16. The molecule has 3 rings (SSSR count). The number of nitrogens with two attached hydrogens (primary N) is 1. The number of fused-ring (bicyclic) bond motifs is 1. The Morgan fingerprint density at radius 2 is 1.72 bits per heavy atom. The van der Waals surface area contributed by atoms with E-state index in [-0.39, 0.29) is 0 Å². The summed E-state index contributed by atoms with van der Waals surface area (Å²) in [6, 6.07) is 0. The molecule has 0 radical (unpaired) electrons. The Labute approximate surface area is 106 Å². The van der Waals surface area contributed by atoms with E-state index in [1.807, 2.05) is 6.92 Å². The zero-order valence-corrected chi connectivity index (χ0v) is 10.3. The van der Waals surface area contributed by atoms with E-state index in [0.717, 1.165) is 36.1 Å². The summed E-state index contributed by atoms with van der Waals surface area (Å²) < 4.78 is 0. The number of anilines is 1. The average molecular weight is 241 g/mol. The molecule has 92 valence electrons. The van der Waals surface area contributed by atoms with Gasteiger partial charge in [-0.25, -0.2) is 19.9 Å². The van der Waals surface area contributed by atoms with Crippen LogP contribution >= 0.6 is 0 Å². The van der Waals surface area contributed by atoms with E-state index in [4.69, 9.17) is 5.73 Å². The van der Waals surface area contributed by atoms with Gasteiger partial charge in [0, 0.05) is 23.7 Å². The highest BCUT2D eigenvalue weighted by Crippen LogP contribution is 2.25. The Kier molecular flexibility index (Phi) is 2.66. The predicted octanol–water partition coefficient (Wildman–Crippen LogP) is 1.70. The number of rotatable bonds is 1. The standard InChI is InChI=1S/C13H15N5/c1-8-6-15-12(16-7-8)13-17-10-5-3-2-4-9(10)11(14)18-13/h6-7H,2-5H2,1H3,(H2,14,17,18). The van der Waals surface area contributed by atoms with E-state index >= 15 is 0 Å². The first-order valence-electron chi connectivity index (χ1n) is 6.18. The lowest BCUT2D eigenvalue weighted by atomic mass is 9.96. The van der Waals surface area contributed by atoms with Crippen LogP contribution in [-0.2, 0) is 12.8 Å². The summed E-state index contributed by atoms with van der Waals surface area (Å²) in [5.41, 5.74) is 9.19. The Morgan fingerprint density at radius 1 is 1.00 bits per heavy atom. The second-order valence-electron chi connectivity index (χ2n) is 4.65. The molecule has 5 heteroatoms. The van der Waals surface area contributed by atoms with Crippen molar-refractivity contribution in [1.82, 2.24) is 19.9 Å². The van der Waals surface area contributed by atoms with Crippen LogP contribution in [0.4, 0.5) is 5.82 Å². The van der Waals surface area contributed by atoms with Gasteiger partial charge in [0.15, 0.2) is 11.6 Å². The van der Waals surface area contributed by atoms with Crippen molar-refractivity contribution in [1.29, 1.82) is 0 Å². The van der Waals surface area contributed by atoms with Gasteiger partial charge in [0.1, 0.15) is 5.82 Å². The molecule has 2 N–H and O–H groups in total. The van der Waals surface area contributed by atoms with Crippen LogP contribution in [0.15, 0.2) is 12.4 Å². The third kappa shape index (κ3) is 1.92. The van der Waals surface area contributed by atoms with Crippen molar-refractivity contribution in [3.8, 4) is 11.6 Å². The van der Waals surface area contributed by atoms with Gasteiger partial charge >= 0.3 is 0 Å². The minimum atomic E-state index is 0.535. The molecule has 2 heterocycles. The molecular weight excluding hydrogens is 226 g/mol. The van der Waals surface area contributed by atoms with E-state index < -0.39 is 0 Å². The van der Waals surface area contributed by atoms with Crippen LogP contribution in [-0.4, -0.2) is 19.9 Å². The molecule has 0 saturated carbocycles. The van der Waals surface area contributed by atoms with E-state index in [9.17, 15) is 0 Å². The van der Waals surface area contributed by atoms with Gasteiger partial charge in [-0.15, -0.1) is 0 Å². The zero-order valence-electron chi connectivity index (χ0n) is 10.3.